The smallest absolute Gasteiger partial charge is 0.159 e. The Bertz CT molecular complexity index is 473. The van der Waals surface area contributed by atoms with Gasteiger partial charge in [0.1, 0.15) is 0 Å². The molecule has 0 aliphatic heterocycles. The van der Waals surface area contributed by atoms with E-state index in [1.165, 1.54) is 6.92 Å². The van der Waals surface area contributed by atoms with E-state index in [0.717, 1.165) is 0 Å². The molecule has 0 radical (unpaired) electrons. The van der Waals surface area contributed by atoms with Crippen LogP contribution in [-0.4, -0.2) is 5.78 Å². The highest BCUT2D eigenvalue weighted by Gasteiger charge is 1.93. The Labute approximate surface area is 103 Å². The number of allylic oxidation sites excluding steroid dienone is 8. The van der Waals surface area contributed by atoms with E-state index < -0.39 is 0 Å². The summed E-state index contributed by atoms with van der Waals surface area (Å²) in [4.78, 5) is 10.9. The summed E-state index contributed by atoms with van der Waals surface area (Å²) in [7, 11) is 0. The van der Waals surface area contributed by atoms with Crippen LogP contribution in [0.4, 0.5) is 0 Å². The van der Waals surface area contributed by atoms with Crippen LogP contribution in [0.3, 0.4) is 0 Å². The third-order valence-corrected chi connectivity index (χ3v) is 1.76. The highest BCUT2D eigenvalue weighted by atomic mass is 16.1. The van der Waals surface area contributed by atoms with Crippen molar-refractivity contribution in [3.05, 3.63) is 73.4 Å². The molecule has 0 spiro atoms. The normalized spacial score (nSPS) is 9.71. The summed E-state index contributed by atoms with van der Waals surface area (Å²) < 4.78 is 0. The topological polar surface area (TPSA) is 17.1 Å². The Hall–Kier alpha value is -2.33. The van der Waals surface area contributed by atoms with Crippen molar-refractivity contribution in [1.29, 1.82) is 0 Å². The van der Waals surface area contributed by atoms with E-state index in [0.29, 0.717) is 16.7 Å². The molecule has 1 heteroatoms. The van der Waals surface area contributed by atoms with E-state index >= 15 is 0 Å². The fraction of sp³-hybridized carbons (Fsp3) is 0.0625. The first kappa shape index (κ1) is 14.7. The van der Waals surface area contributed by atoms with E-state index in [4.69, 9.17) is 0 Å². The van der Waals surface area contributed by atoms with Gasteiger partial charge in [-0.25, -0.2) is 0 Å². The molecule has 0 N–H and O–H groups in total. The average molecular weight is 224 g/mol. The van der Waals surface area contributed by atoms with Crippen molar-refractivity contribution >= 4 is 5.78 Å². The van der Waals surface area contributed by atoms with Crippen LogP contribution < -0.4 is 0 Å². The van der Waals surface area contributed by atoms with Gasteiger partial charge in [-0.2, -0.15) is 0 Å². The molecule has 0 aliphatic rings. The highest BCUT2D eigenvalue weighted by molar-refractivity contribution is 5.95. The first-order valence-corrected chi connectivity index (χ1v) is 5.04. The molecule has 86 valence electrons. The van der Waals surface area contributed by atoms with Crippen LogP contribution >= 0.6 is 0 Å². The Morgan fingerprint density at radius 2 is 1.53 bits per heavy atom. The summed E-state index contributed by atoms with van der Waals surface area (Å²) in [5, 5.41) is 0. The zero-order valence-corrected chi connectivity index (χ0v) is 10.1. The Morgan fingerprint density at radius 3 is 2.00 bits per heavy atom. The molecule has 0 bridgehead atoms. The summed E-state index contributed by atoms with van der Waals surface area (Å²) in [6.07, 6.45) is 8.42. The lowest BCUT2D eigenvalue weighted by molar-refractivity contribution is -0.113. The second kappa shape index (κ2) is 7.90. The number of rotatable bonds is 5. The van der Waals surface area contributed by atoms with Gasteiger partial charge in [0, 0.05) is 16.7 Å². The summed E-state index contributed by atoms with van der Waals surface area (Å²) >= 11 is 0. The highest BCUT2D eigenvalue weighted by Crippen LogP contribution is 1.99. The molecule has 0 amide bonds. The fourth-order valence-electron chi connectivity index (χ4n) is 0.747. The number of carbonyl (C=O) groups excluding carboxylic acids is 1. The van der Waals surface area contributed by atoms with Gasteiger partial charge in [-0.1, -0.05) is 56.4 Å². The molecular weight excluding hydrogens is 208 g/mol. The van der Waals surface area contributed by atoms with Crippen LogP contribution in [0.1, 0.15) is 6.92 Å². The van der Waals surface area contributed by atoms with E-state index in [1.54, 1.807) is 30.4 Å². The number of hydrogen-bond acceptors (Lipinski definition) is 1. The summed E-state index contributed by atoms with van der Waals surface area (Å²) in [5.41, 5.74) is 1.70. The average Bonchev–Trinajstić information content (AvgIpc) is 2.30. The number of carbonyl (C=O) groups is 1. The third-order valence-electron chi connectivity index (χ3n) is 1.76. The summed E-state index contributed by atoms with van der Waals surface area (Å²) in [5.74, 6) is 5.57. The van der Waals surface area contributed by atoms with Crippen molar-refractivity contribution in [3.63, 3.8) is 0 Å². The second-order valence-electron chi connectivity index (χ2n) is 3.31. The molecule has 17 heavy (non-hydrogen) atoms. The zero-order valence-electron chi connectivity index (χ0n) is 10.1. The summed E-state index contributed by atoms with van der Waals surface area (Å²) in [6, 6.07) is 0. The monoisotopic (exact) mass is 224 g/mol. The Balaban J connectivity index is 4.47. The summed E-state index contributed by atoms with van der Waals surface area (Å²) in [6.45, 7) is 16.1. The van der Waals surface area contributed by atoms with E-state index in [9.17, 15) is 4.79 Å². The van der Waals surface area contributed by atoms with Crippen LogP contribution in [0.15, 0.2) is 73.4 Å². The van der Waals surface area contributed by atoms with Gasteiger partial charge in [0.2, 0.25) is 0 Å². The van der Waals surface area contributed by atoms with Crippen LogP contribution in [-0.2, 0) is 4.79 Å². The standard InChI is InChI=1S/C16H16O/c1-6-7-8-13(2)9-10-14(3)11-12-15(4)16(5)17/h6-8,11-12H,1-4H2,5H3. The third kappa shape index (κ3) is 7.58. The first-order chi connectivity index (χ1) is 7.97. The first-order valence-electron chi connectivity index (χ1n) is 5.04. The molecule has 1 nitrogen and oxygen atoms in total. The Kier molecular flexibility index (Phi) is 6.81. The Morgan fingerprint density at radius 1 is 1.00 bits per heavy atom. The van der Waals surface area contributed by atoms with Crippen molar-refractivity contribution in [2.45, 2.75) is 6.92 Å². The minimum absolute atomic E-state index is 0.0691. The molecule has 0 atom stereocenters. The number of hydrogen-bond donors (Lipinski definition) is 0. The van der Waals surface area contributed by atoms with Gasteiger partial charge in [0.05, 0.1) is 0 Å². The zero-order chi connectivity index (χ0) is 13.3. The molecular formula is C16H16O. The molecule has 0 aromatic carbocycles. The van der Waals surface area contributed by atoms with Gasteiger partial charge >= 0.3 is 0 Å². The number of Topliss-reactive ketones (excluding diaryl/α,β-unsaturated/α-hetero) is 1. The van der Waals surface area contributed by atoms with E-state index in [1.807, 2.05) is 0 Å². The predicted octanol–water partition coefficient (Wildman–Crippen LogP) is 3.55. The van der Waals surface area contributed by atoms with Crippen molar-refractivity contribution in [2.24, 2.45) is 0 Å². The van der Waals surface area contributed by atoms with Crippen LogP contribution in [0.5, 0.6) is 0 Å². The van der Waals surface area contributed by atoms with E-state index in [2.05, 4.69) is 38.2 Å². The van der Waals surface area contributed by atoms with Crippen molar-refractivity contribution in [1.82, 2.24) is 0 Å². The van der Waals surface area contributed by atoms with Gasteiger partial charge in [0.25, 0.3) is 0 Å². The van der Waals surface area contributed by atoms with Crippen LogP contribution in [0.25, 0.3) is 0 Å². The maximum atomic E-state index is 10.9. The minimum Gasteiger partial charge on any atom is -0.295 e. The van der Waals surface area contributed by atoms with Crippen molar-refractivity contribution in [3.8, 4) is 11.8 Å². The molecule has 0 saturated carbocycles. The fourth-order valence-corrected chi connectivity index (χ4v) is 0.747. The van der Waals surface area contributed by atoms with Crippen molar-refractivity contribution < 1.29 is 4.79 Å². The lowest BCUT2D eigenvalue weighted by atomic mass is 10.1. The van der Waals surface area contributed by atoms with Crippen LogP contribution in [0.2, 0.25) is 0 Å². The molecule has 0 fully saturated rings. The molecule has 0 saturated heterocycles. The molecule has 0 unspecified atom stereocenters. The van der Waals surface area contributed by atoms with Gasteiger partial charge in [-0.05, 0) is 19.1 Å². The van der Waals surface area contributed by atoms with Crippen LogP contribution in [0, 0.1) is 11.8 Å². The molecule has 0 aliphatic carbocycles. The predicted molar refractivity (Wildman–Crippen MR) is 74.4 cm³/mol. The second-order valence-corrected chi connectivity index (χ2v) is 3.31. The minimum atomic E-state index is -0.0691. The lowest BCUT2D eigenvalue weighted by Gasteiger charge is -1.90. The molecule has 0 heterocycles. The quantitative estimate of drug-likeness (QED) is 0.396. The molecule has 0 aromatic heterocycles. The SMILES string of the molecule is C=CC=CC(=C)C#CC(=C)C=CC(=C)C(C)=O. The lowest BCUT2D eigenvalue weighted by Crippen LogP contribution is -1.89. The van der Waals surface area contributed by atoms with E-state index in [-0.39, 0.29) is 5.78 Å². The van der Waals surface area contributed by atoms with Gasteiger partial charge in [-0.3, -0.25) is 4.79 Å². The molecule has 0 aromatic rings. The van der Waals surface area contributed by atoms with Gasteiger partial charge in [-0.15, -0.1) is 0 Å². The maximum Gasteiger partial charge on any atom is 0.159 e. The maximum absolute atomic E-state index is 10.9. The van der Waals surface area contributed by atoms with Gasteiger partial charge in [0.15, 0.2) is 5.78 Å². The largest absolute Gasteiger partial charge is 0.295 e. The number of ketones is 1. The van der Waals surface area contributed by atoms with Gasteiger partial charge < -0.3 is 0 Å². The molecule has 0 rings (SSSR count). The van der Waals surface area contributed by atoms with Crippen molar-refractivity contribution in [2.75, 3.05) is 0 Å².